The number of aliphatic hydroxyl groups is 2. The van der Waals surface area contributed by atoms with E-state index >= 15 is 0 Å². The topological polar surface area (TPSA) is 101 Å². The van der Waals surface area contributed by atoms with Crippen LogP contribution in [0.1, 0.15) is 13.3 Å². The lowest BCUT2D eigenvalue weighted by molar-refractivity contribution is -0.141. The number of carbonyl (C=O) groups is 2. The fourth-order valence-corrected chi connectivity index (χ4v) is 1.95. The van der Waals surface area contributed by atoms with Gasteiger partial charge in [-0.2, -0.15) is 0 Å². The number of hydrogen-bond donors (Lipinski definition) is 3. The fourth-order valence-electron chi connectivity index (χ4n) is 1.95. The summed E-state index contributed by atoms with van der Waals surface area (Å²) < 4.78 is 0. The summed E-state index contributed by atoms with van der Waals surface area (Å²) in [5.74, 6) is -1.12. The third kappa shape index (κ3) is 3.07. The molecule has 2 atom stereocenters. The summed E-state index contributed by atoms with van der Waals surface area (Å²) in [6.45, 7) is 2.15. The second-order valence-corrected chi connectivity index (χ2v) is 3.98. The predicted molar refractivity (Wildman–Crippen MR) is 58.5 cm³/mol. The number of aliphatic hydroxyl groups excluding tert-OH is 2. The molecular formula is C10H18N2O5. The van der Waals surface area contributed by atoms with Gasteiger partial charge in [0.1, 0.15) is 6.04 Å². The summed E-state index contributed by atoms with van der Waals surface area (Å²) in [4.78, 5) is 25.5. The Kier molecular flexibility index (Phi) is 4.71. The minimum absolute atomic E-state index is 0.0255. The van der Waals surface area contributed by atoms with Crippen molar-refractivity contribution >= 4 is 12.0 Å². The predicted octanol–water partition coefficient (Wildman–Crippen LogP) is -1.06. The van der Waals surface area contributed by atoms with Crippen LogP contribution >= 0.6 is 0 Å². The Hall–Kier alpha value is -1.34. The number of rotatable bonds is 4. The molecule has 0 saturated carbocycles. The number of nitrogens with zero attached hydrogens (tertiary/aromatic N) is 2. The highest BCUT2D eigenvalue weighted by Gasteiger charge is 2.40. The van der Waals surface area contributed by atoms with E-state index in [1.807, 2.05) is 0 Å². The van der Waals surface area contributed by atoms with Crippen LogP contribution in [0.2, 0.25) is 0 Å². The Morgan fingerprint density at radius 3 is 2.59 bits per heavy atom. The molecule has 0 bridgehead atoms. The first kappa shape index (κ1) is 13.7. The molecule has 0 aromatic heterocycles. The molecule has 1 saturated heterocycles. The van der Waals surface area contributed by atoms with Gasteiger partial charge in [-0.3, -0.25) is 0 Å². The van der Waals surface area contributed by atoms with E-state index in [1.165, 1.54) is 4.90 Å². The Morgan fingerprint density at radius 2 is 2.12 bits per heavy atom. The van der Waals surface area contributed by atoms with Gasteiger partial charge in [-0.05, 0) is 6.92 Å². The molecule has 0 aromatic rings. The van der Waals surface area contributed by atoms with Crippen molar-refractivity contribution in [2.24, 2.45) is 0 Å². The van der Waals surface area contributed by atoms with Gasteiger partial charge in [0.2, 0.25) is 0 Å². The van der Waals surface area contributed by atoms with Crippen LogP contribution in [0.25, 0.3) is 0 Å². The molecule has 1 fully saturated rings. The summed E-state index contributed by atoms with van der Waals surface area (Å²) in [6, 6.07) is -1.43. The summed E-state index contributed by atoms with van der Waals surface area (Å²) in [5, 5.41) is 27.2. The Balaban J connectivity index is 2.75. The number of carbonyl (C=O) groups excluding carboxylic acids is 1. The molecule has 7 heteroatoms. The maximum atomic E-state index is 12.0. The first-order valence-corrected chi connectivity index (χ1v) is 5.58. The van der Waals surface area contributed by atoms with Crippen molar-refractivity contribution in [1.82, 2.24) is 9.80 Å². The van der Waals surface area contributed by atoms with Crippen LogP contribution in [0.3, 0.4) is 0 Å². The summed E-state index contributed by atoms with van der Waals surface area (Å²) >= 11 is 0. The van der Waals surface area contributed by atoms with Gasteiger partial charge in [-0.1, -0.05) is 0 Å². The molecule has 3 N–H and O–H groups in total. The number of likely N-dealkylation sites (tertiary alicyclic amines) is 1. The summed E-state index contributed by atoms with van der Waals surface area (Å²) in [6.07, 6.45) is -0.745. The number of hydrogen-bond acceptors (Lipinski definition) is 4. The average molecular weight is 246 g/mol. The van der Waals surface area contributed by atoms with E-state index in [0.29, 0.717) is 6.54 Å². The molecule has 17 heavy (non-hydrogen) atoms. The molecule has 1 unspecified atom stereocenters. The number of carboxylic acid groups (broad SMARTS) is 1. The summed E-state index contributed by atoms with van der Waals surface area (Å²) in [5.41, 5.74) is 0. The van der Waals surface area contributed by atoms with E-state index in [2.05, 4.69) is 0 Å². The van der Waals surface area contributed by atoms with Crippen molar-refractivity contribution in [3.8, 4) is 0 Å². The maximum Gasteiger partial charge on any atom is 0.326 e. The second-order valence-electron chi connectivity index (χ2n) is 3.98. The van der Waals surface area contributed by atoms with Crippen LogP contribution in [0.5, 0.6) is 0 Å². The zero-order valence-corrected chi connectivity index (χ0v) is 9.74. The van der Waals surface area contributed by atoms with E-state index in [9.17, 15) is 14.7 Å². The van der Waals surface area contributed by atoms with E-state index in [-0.39, 0.29) is 26.1 Å². The lowest BCUT2D eigenvalue weighted by Crippen LogP contribution is -2.48. The van der Waals surface area contributed by atoms with E-state index < -0.39 is 24.1 Å². The average Bonchev–Trinajstić information content (AvgIpc) is 2.67. The zero-order chi connectivity index (χ0) is 13.0. The SMILES string of the molecule is CCN(CCO)C(=O)N1CC(O)C[C@H]1C(=O)O. The highest BCUT2D eigenvalue weighted by atomic mass is 16.4. The Morgan fingerprint density at radius 1 is 1.47 bits per heavy atom. The van der Waals surface area contributed by atoms with E-state index in [4.69, 9.17) is 10.2 Å². The number of likely N-dealkylation sites (N-methyl/N-ethyl adjacent to an activating group) is 1. The first-order chi connectivity index (χ1) is 8.01. The molecule has 7 nitrogen and oxygen atoms in total. The molecule has 0 radical (unpaired) electrons. The van der Waals surface area contributed by atoms with Gasteiger partial charge in [0.05, 0.1) is 12.7 Å². The largest absolute Gasteiger partial charge is 0.480 e. The van der Waals surface area contributed by atoms with Crippen LogP contribution in [0.15, 0.2) is 0 Å². The highest BCUT2D eigenvalue weighted by Crippen LogP contribution is 2.19. The summed E-state index contributed by atoms with van der Waals surface area (Å²) in [7, 11) is 0. The number of amides is 2. The van der Waals surface area contributed by atoms with Gasteiger partial charge in [0, 0.05) is 26.1 Å². The van der Waals surface area contributed by atoms with Gasteiger partial charge >= 0.3 is 12.0 Å². The lowest BCUT2D eigenvalue weighted by Gasteiger charge is -2.28. The van der Waals surface area contributed by atoms with Gasteiger partial charge in [-0.15, -0.1) is 0 Å². The van der Waals surface area contributed by atoms with Crippen LogP contribution in [0, 0.1) is 0 Å². The number of aliphatic carboxylic acids is 1. The molecule has 0 aliphatic carbocycles. The van der Waals surface area contributed by atoms with Gasteiger partial charge in [0.25, 0.3) is 0 Å². The number of carboxylic acids is 1. The zero-order valence-electron chi connectivity index (χ0n) is 9.74. The molecule has 0 aromatic carbocycles. The smallest absolute Gasteiger partial charge is 0.326 e. The fraction of sp³-hybridized carbons (Fsp3) is 0.800. The van der Waals surface area contributed by atoms with E-state index in [0.717, 1.165) is 4.90 Å². The normalized spacial score (nSPS) is 23.8. The van der Waals surface area contributed by atoms with Crippen molar-refractivity contribution in [3.63, 3.8) is 0 Å². The minimum Gasteiger partial charge on any atom is -0.480 e. The van der Waals surface area contributed by atoms with E-state index in [1.54, 1.807) is 6.92 Å². The molecule has 1 aliphatic heterocycles. The van der Waals surface area contributed by atoms with Crippen LogP contribution in [-0.2, 0) is 4.79 Å². The van der Waals surface area contributed by atoms with Crippen LogP contribution < -0.4 is 0 Å². The van der Waals surface area contributed by atoms with Crippen LogP contribution in [-0.4, -0.2) is 75.5 Å². The quantitative estimate of drug-likeness (QED) is 0.587. The third-order valence-corrected chi connectivity index (χ3v) is 2.83. The van der Waals surface area contributed by atoms with Gasteiger partial charge in [0.15, 0.2) is 0 Å². The molecule has 1 heterocycles. The van der Waals surface area contributed by atoms with Crippen LogP contribution in [0.4, 0.5) is 4.79 Å². The number of urea groups is 1. The lowest BCUT2D eigenvalue weighted by atomic mass is 10.2. The van der Waals surface area contributed by atoms with Gasteiger partial charge in [-0.25, -0.2) is 9.59 Å². The third-order valence-electron chi connectivity index (χ3n) is 2.83. The highest BCUT2D eigenvalue weighted by molar-refractivity contribution is 5.83. The number of β-amino-alcohol motifs (C(OH)–C–C–N with tert-alkyl or cyclic N) is 1. The van der Waals surface area contributed by atoms with Crippen molar-refractivity contribution in [2.75, 3.05) is 26.2 Å². The Bertz CT molecular complexity index is 296. The minimum atomic E-state index is -1.12. The standard InChI is InChI=1S/C10H18N2O5/c1-2-11(3-4-13)10(17)12-6-7(14)5-8(12)9(15)16/h7-8,13-14H,2-6H2,1H3,(H,15,16)/t7?,8-/m0/s1. The molecule has 98 valence electrons. The van der Waals surface area contributed by atoms with Crippen molar-refractivity contribution in [3.05, 3.63) is 0 Å². The second kappa shape index (κ2) is 5.83. The molecule has 2 amide bonds. The monoisotopic (exact) mass is 246 g/mol. The molecular weight excluding hydrogens is 228 g/mol. The molecule has 1 rings (SSSR count). The Labute approximate surface area is 99.2 Å². The van der Waals surface area contributed by atoms with Gasteiger partial charge < -0.3 is 25.1 Å². The molecule has 1 aliphatic rings. The van der Waals surface area contributed by atoms with Crippen molar-refractivity contribution < 1.29 is 24.9 Å². The maximum absolute atomic E-state index is 12.0. The van der Waals surface area contributed by atoms with Crippen molar-refractivity contribution in [2.45, 2.75) is 25.5 Å². The molecule has 0 spiro atoms. The first-order valence-electron chi connectivity index (χ1n) is 5.58. The van der Waals surface area contributed by atoms with Crippen molar-refractivity contribution in [1.29, 1.82) is 0 Å².